The highest BCUT2D eigenvalue weighted by molar-refractivity contribution is 5.58. The Morgan fingerprint density at radius 3 is 2.33 bits per heavy atom. The molecule has 80 valence electrons. The molecule has 0 aliphatic carbocycles. The van der Waals surface area contributed by atoms with E-state index in [1.54, 1.807) is 6.07 Å². The van der Waals surface area contributed by atoms with E-state index in [0.29, 0.717) is 5.56 Å². The van der Waals surface area contributed by atoms with Gasteiger partial charge in [0.15, 0.2) is 0 Å². The van der Waals surface area contributed by atoms with Crippen LogP contribution >= 0.6 is 0 Å². The molecular formula is C13H16FN. The summed E-state index contributed by atoms with van der Waals surface area (Å²) in [6.45, 7) is 4.08. The lowest BCUT2D eigenvalue weighted by Gasteiger charge is -2.20. The molecule has 1 aromatic carbocycles. The molecule has 15 heavy (non-hydrogen) atoms. The maximum atomic E-state index is 13.5. The van der Waals surface area contributed by atoms with Gasteiger partial charge in [-0.1, -0.05) is 19.8 Å². The molecule has 0 atom stereocenters. The summed E-state index contributed by atoms with van der Waals surface area (Å²) in [5.74, 6) is 2.32. The van der Waals surface area contributed by atoms with Crippen molar-refractivity contribution in [1.82, 2.24) is 0 Å². The van der Waals surface area contributed by atoms with E-state index in [1.165, 1.54) is 6.07 Å². The van der Waals surface area contributed by atoms with Crippen LogP contribution in [-0.2, 0) is 0 Å². The monoisotopic (exact) mass is 205 g/mol. The van der Waals surface area contributed by atoms with Crippen LogP contribution in [0.25, 0.3) is 0 Å². The maximum absolute atomic E-state index is 13.5. The van der Waals surface area contributed by atoms with Gasteiger partial charge in [-0.15, -0.1) is 6.42 Å². The summed E-state index contributed by atoms with van der Waals surface area (Å²) in [6.07, 6.45) is 5.24. The molecule has 0 saturated carbocycles. The lowest BCUT2D eigenvalue weighted by molar-refractivity contribution is 0.620. The smallest absolute Gasteiger partial charge is 0.139 e. The van der Waals surface area contributed by atoms with Gasteiger partial charge >= 0.3 is 0 Å². The summed E-state index contributed by atoms with van der Waals surface area (Å²) < 4.78 is 13.5. The fourth-order valence-corrected chi connectivity index (χ4v) is 1.54. The fourth-order valence-electron chi connectivity index (χ4n) is 1.54. The second-order valence-corrected chi connectivity index (χ2v) is 4.08. The molecule has 1 rings (SSSR count). The normalized spacial score (nSPS) is 10.2. The summed E-state index contributed by atoms with van der Waals surface area (Å²) in [7, 11) is 3.86. The first-order valence-electron chi connectivity index (χ1n) is 4.94. The van der Waals surface area contributed by atoms with Crippen molar-refractivity contribution in [2.24, 2.45) is 0 Å². The third-order valence-corrected chi connectivity index (χ3v) is 2.38. The molecule has 0 aromatic heterocycles. The molecule has 0 amide bonds. The van der Waals surface area contributed by atoms with Gasteiger partial charge in [0, 0.05) is 19.8 Å². The Balaban J connectivity index is 3.40. The van der Waals surface area contributed by atoms with Gasteiger partial charge in [0.1, 0.15) is 5.82 Å². The molecule has 0 radical (unpaired) electrons. The molecule has 0 heterocycles. The van der Waals surface area contributed by atoms with Gasteiger partial charge in [-0.2, -0.15) is 0 Å². The molecule has 0 fully saturated rings. The van der Waals surface area contributed by atoms with E-state index in [4.69, 9.17) is 6.42 Å². The lowest BCUT2D eigenvalue weighted by atomic mass is 9.98. The predicted molar refractivity (Wildman–Crippen MR) is 62.8 cm³/mol. The van der Waals surface area contributed by atoms with Gasteiger partial charge in [0.25, 0.3) is 0 Å². The second-order valence-electron chi connectivity index (χ2n) is 4.08. The van der Waals surface area contributed by atoms with Crippen LogP contribution in [0, 0.1) is 18.2 Å². The summed E-state index contributed by atoms with van der Waals surface area (Å²) in [6, 6.07) is 3.26. The van der Waals surface area contributed by atoms with Crippen LogP contribution in [0.1, 0.15) is 30.9 Å². The quantitative estimate of drug-likeness (QED) is 0.671. The number of hydrogen-bond donors (Lipinski definition) is 0. The van der Waals surface area contributed by atoms with Crippen molar-refractivity contribution in [2.75, 3.05) is 19.0 Å². The third kappa shape index (κ3) is 2.30. The van der Waals surface area contributed by atoms with Crippen LogP contribution in [0.4, 0.5) is 10.1 Å². The molecule has 1 nitrogen and oxygen atoms in total. The Hall–Kier alpha value is -1.49. The van der Waals surface area contributed by atoms with Gasteiger partial charge in [-0.3, -0.25) is 0 Å². The first kappa shape index (κ1) is 11.6. The minimum Gasteiger partial charge on any atom is -0.377 e. The zero-order chi connectivity index (χ0) is 11.6. The Labute approximate surface area is 90.9 Å². The molecule has 0 N–H and O–H groups in total. The Bertz CT molecular complexity index is 400. The summed E-state index contributed by atoms with van der Waals surface area (Å²) in [5.41, 5.74) is 2.29. The summed E-state index contributed by atoms with van der Waals surface area (Å²) in [4.78, 5) is 1.95. The number of nitrogens with zero attached hydrogens (tertiary/aromatic N) is 1. The van der Waals surface area contributed by atoms with Crippen LogP contribution in [-0.4, -0.2) is 14.1 Å². The van der Waals surface area contributed by atoms with Crippen LogP contribution in [0.5, 0.6) is 0 Å². The Morgan fingerprint density at radius 1 is 1.33 bits per heavy atom. The molecule has 0 aliphatic rings. The van der Waals surface area contributed by atoms with Gasteiger partial charge in [-0.25, -0.2) is 4.39 Å². The first-order chi connectivity index (χ1) is 6.97. The molecule has 0 saturated heterocycles. The van der Waals surface area contributed by atoms with E-state index in [1.807, 2.05) is 32.8 Å². The fraction of sp³-hybridized carbons (Fsp3) is 0.385. The highest BCUT2D eigenvalue weighted by Gasteiger charge is 2.12. The Morgan fingerprint density at radius 2 is 1.93 bits per heavy atom. The minimum absolute atomic E-state index is 0.281. The van der Waals surface area contributed by atoms with Gasteiger partial charge < -0.3 is 4.90 Å². The molecule has 0 bridgehead atoms. The molecule has 1 aromatic rings. The van der Waals surface area contributed by atoms with Crippen LogP contribution in [0.3, 0.4) is 0 Å². The zero-order valence-electron chi connectivity index (χ0n) is 9.63. The van der Waals surface area contributed by atoms with E-state index in [-0.39, 0.29) is 11.7 Å². The van der Waals surface area contributed by atoms with E-state index in [0.717, 1.165) is 11.3 Å². The standard InChI is InChI=1S/C13H16FN/c1-6-10-7-13(15(4)5)11(9(2)3)8-12(10)14/h1,7-9H,2-5H3. The van der Waals surface area contributed by atoms with E-state index >= 15 is 0 Å². The number of anilines is 1. The topological polar surface area (TPSA) is 3.24 Å². The van der Waals surface area contributed by atoms with Crippen LogP contribution in [0.2, 0.25) is 0 Å². The van der Waals surface area contributed by atoms with Crippen molar-refractivity contribution in [1.29, 1.82) is 0 Å². The van der Waals surface area contributed by atoms with Crippen LogP contribution in [0.15, 0.2) is 12.1 Å². The van der Waals surface area contributed by atoms with Crippen molar-refractivity contribution in [3.05, 3.63) is 29.1 Å². The van der Waals surface area contributed by atoms with Gasteiger partial charge in [-0.05, 0) is 23.6 Å². The highest BCUT2D eigenvalue weighted by Crippen LogP contribution is 2.28. The maximum Gasteiger partial charge on any atom is 0.139 e. The molecule has 2 heteroatoms. The largest absolute Gasteiger partial charge is 0.377 e. The number of benzene rings is 1. The van der Waals surface area contributed by atoms with Crippen molar-refractivity contribution < 1.29 is 4.39 Å². The lowest BCUT2D eigenvalue weighted by Crippen LogP contribution is -2.13. The first-order valence-corrected chi connectivity index (χ1v) is 4.94. The molecule has 0 aliphatic heterocycles. The molecule has 0 spiro atoms. The van der Waals surface area contributed by atoms with E-state index in [2.05, 4.69) is 5.92 Å². The average Bonchev–Trinajstić information content (AvgIpc) is 2.16. The number of terminal acetylenes is 1. The third-order valence-electron chi connectivity index (χ3n) is 2.38. The number of rotatable bonds is 2. The SMILES string of the molecule is C#Cc1cc(N(C)C)c(C(C)C)cc1F. The Kier molecular flexibility index (Phi) is 3.36. The molecular weight excluding hydrogens is 189 g/mol. The summed E-state index contributed by atoms with van der Waals surface area (Å²) in [5, 5.41) is 0. The number of halogens is 1. The highest BCUT2D eigenvalue weighted by atomic mass is 19.1. The van der Waals surface area contributed by atoms with E-state index < -0.39 is 0 Å². The second kappa shape index (κ2) is 4.35. The van der Waals surface area contributed by atoms with Crippen molar-refractivity contribution in [3.63, 3.8) is 0 Å². The summed E-state index contributed by atoms with van der Waals surface area (Å²) >= 11 is 0. The van der Waals surface area contributed by atoms with Crippen LogP contribution < -0.4 is 4.90 Å². The molecule has 0 unspecified atom stereocenters. The van der Waals surface area contributed by atoms with Crippen molar-refractivity contribution in [2.45, 2.75) is 19.8 Å². The van der Waals surface area contributed by atoms with Crippen molar-refractivity contribution in [3.8, 4) is 12.3 Å². The average molecular weight is 205 g/mol. The number of hydrogen-bond acceptors (Lipinski definition) is 1. The van der Waals surface area contributed by atoms with E-state index in [9.17, 15) is 4.39 Å². The van der Waals surface area contributed by atoms with Gasteiger partial charge in [0.05, 0.1) is 5.56 Å². The predicted octanol–water partition coefficient (Wildman–Crippen LogP) is 3.00. The zero-order valence-corrected chi connectivity index (χ0v) is 9.63. The van der Waals surface area contributed by atoms with Gasteiger partial charge in [0.2, 0.25) is 0 Å². The van der Waals surface area contributed by atoms with Crippen molar-refractivity contribution >= 4 is 5.69 Å². The minimum atomic E-state index is -0.313.